The molecule has 0 aliphatic heterocycles. The van der Waals surface area contributed by atoms with Crippen LogP contribution in [0, 0.1) is 0 Å². The van der Waals surface area contributed by atoms with Crippen molar-refractivity contribution >= 4 is 47.3 Å². The van der Waals surface area contributed by atoms with E-state index in [0.29, 0.717) is 34.6 Å². The second-order valence-electron chi connectivity index (χ2n) is 8.42. The molecule has 180 valence electrons. The van der Waals surface area contributed by atoms with Gasteiger partial charge in [-0.1, -0.05) is 32.4 Å². The van der Waals surface area contributed by atoms with Crippen LogP contribution in [-0.2, 0) is 6.42 Å². The predicted molar refractivity (Wildman–Crippen MR) is 142 cm³/mol. The van der Waals surface area contributed by atoms with Gasteiger partial charge in [0, 0.05) is 25.1 Å². The Morgan fingerprint density at radius 3 is 2.62 bits per heavy atom. The van der Waals surface area contributed by atoms with Gasteiger partial charge < -0.3 is 5.32 Å². The summed E-state index contributed by atoms with van der Waals surface area (Å²) in [7, 11) is 0. The van der Waals surface area contributed by atoms with Gasteiger partial charge in [0.05, 0.1) is 16.5 Å². The van der Waals surface area contributed by atoms with Gasteiger partial charge in [-0.3, -0.25) is 19.0 Å². The molecule has 0 atom stereocenters. The number of aromatic nitrogens is 3. The van der Waals surface area contributed by atoms with Crippen LogP contribution in [0.25, 0.3) is 16.6 Å². The minimum absolute atomic E-state index is 0. The van der Waals surface area contributed by atoms with Crippen LogP contribution in [0.2, 0.25) is 0 Å². The second-order valence-corrected chi connectivity index (χ2v) is 8.42. The number of unbranched alkanes of at least 4 members (excludes halogenated alkanes) is 2. The van der Waals surface area contributed by atoms with Gasteiger partial charge in [-0.25, -0.2) is 4.98 Å². The molecular formula is C26H30Cl2N4O2. The molecule has 0 aliphatic rings. The Bertz CT molecular complexity index is 1310. The van der Waals surface area contributed by atoms with Gasteiger partial charge in [-0.15, -0.1) is 24.8 Å². The molecule has 0 saturated carbocycles. The highest BCUT2D eigenvalue weighted by molar-refractivity contribution is 5.94. The molecule has 34 heavy (non-hydrogen) atoms. The van der Waals surface area contributed by atoms with E-state index in [2.05, 4.69) is 35.2 Å². The van der Waals surface area contributed by atoms with E-state index >= 15 is 0 Å². The SMILES string of the molecule is CC(C)c1ccc2nc3ccc(C(=O)NCCCCCc4cccnc4)cn3c(=O)c2c1.Cl.Cl. The summed E-state index contributed by atoms with van der Waals surface area (Å²) in [6, 6.07) is 13.3. The van der Waals surface area contributed by atoms with Crippen LogP contribution in [-0.4, -0.2) is 26.8 Å². The van der Waals surface area contributed by atoms with Crippen molar-refractivity contribution in [2.24, 2.45) is 0 Å². The molecule has 0 bridgehead atoms. The Kier molecular flexibility index (Phi) is 10.0. The first-order valence-electron chi connectivity index (χ1n) is 11.2. The quantitative estimate of drug-likeness (QED) is 0.261. The predicted octanol–water partition coefficient (Wildman–Crippen LogP) is 5.35. The van der Waals surface area contributed by atoms with E-state index in [4.69, 9.17) is 0 Å². The number of benzene rings is 1. The average Bonchev–Trinajstić information content (AvgIpc) is 2.81. The third-order valence-electron chi connectivity index (χ3n) is 5.71. The largest absolute Gasteiger partial charge is 0.352 e. The normalized spacial score (nSPS) is 10.7. The highest BCUT2D eigenvalue weighted by Gasteiger charge is 2.11. The fourth-order valence-corrected chi connectivity index (χ4v) is 3.80. The standard InChI is InChI=1S/C26H28N4O2.2ClH/c1-18(2)20-9-11-23-22(15-20)26(32)30-17-21(10-12-24(30)29-23)25(31)28-14-5-3-4-7-19-8-6-13-27-16-19;;/h6,8-13,15-18H,3-5,7,14H2,1-2H3,(H,28,31);2*1H. The molecule has 6 nitrogen and oxygen atoms in total. The third kappa shape index (κ3) is 6.33. The number of aryl methyl sites for hydroxylation is 1. The molecule has 4 rings (SSSR count). The number of nitrogens with one attached hydrogen (secondary N) is 1. The van der Waals surface area contributed by atoms with E-state index in [1.807, 2.05) is 30.5 Å². The van der Waals surface area contributed by atoms with E-state index in [1.54, 1.807) is 24.5 Å². The van der Waals surface area contributed by atoms with Crippen LogP contribution in [0.15, 0.2) is 65.8 Å². The number of pyridine rings is 2. The zero-order chi connectivity index (χ0) is 22.5. The lowest BCUT2D eigenvalue weighted by atomic mass is 10.0. The molecule has 0 spiro atoms. The summed E-state index contributed by atoms with van der Waals surface area (Å²) >= 11 is 0. The second kappa shape index (κ2) is 12.5. The van der Waals surface area contributed by atoms with E-state index in [1.165, 1.54) is 9.96 Å². The molecule has 0 radical (unpaired) electrons. The number of carbonyl (C=O) groups excluding carboxylic acids is 1. The fraction of sp³-hybridized carbons (Fsp3) is 0.308. The number of hydrogen-bond donors (Lipinski definition) is 1. The Hall–Kier alpha value is -2.96. The highest BCUT2D eigenvalue weighted by atomic mass is 35.5. The van der Waals surface area contributed by atoms with Crippen molar-refractivity contribution in [2.45, 2.75) is 45.4 Å². The molecule has 4 aromatic rings. The molecule has 0 saturated heterocycles. The molecule has 1 aromatic carbocycles. The van der Waals surface area contributed by atoms with Crippen molar-refractivity contribution in [2.75, 3.05) is 6.54 Å². The van der Waals surface area contributed by atoms with Crippen LogP contribution in [0.5, 0.6) is 0 Å². The summed E-state index contributed by atoms with van der Waals surface area (Å²) in [6.45, 7) is 4.79. The molecular weight excluding hydrogens is 471 g/mol. The first-order chi connectivity index (χ1) is 15.5. The first kappa shape index (κ1) is 27.3. The molecule has 3 aromatic heterocycles. The summed E-state index contributed by atoms with van der Waals surface area (Å²) in [5, 5.41) is 3.53. The molecule has 0 fully saturated rings. The van der Waals surface area contributed by atoms with E-state index < -0.39 is 0 Å². The maximum atomic E-state index is 13.1. The van der Waals surface area contributed by atoms with Crippen LogP contribution < -0.4 is 10.9 Å². The molecule has 1 N–H and O–H groups in total. The van der Waals surface area contributed by atoms with Gasteiger partial charge in [0.15, 0.2) is 0 Å². The molecule has 1 amide bonds. The Balaban J connectivity index is 0.00000204. The minimum atomic E-state index is -0.179. The van der Waals surface area contributed by atoms with Crippen molar-refractivity contribution in [3.05, 3.63) is 88.1 Å². The smallest absolute Gasteiger partial charge is 0.265 e. The van der Waals surface area contributed by atoms with Crippen LogP contribution in [0.3, 0.4) is 0 Å². The first-order valence-corrected chi connectivity index (χ1v) is 11.2. The zero-order valence-corrected chi connectivity index (χ0v) is 21.0. The van der Waals surface area contributed by atoms with Gasteiger partial charge in [0.1, 0.15) is 5.65 Å². The van der Waals surface area contributed by atoms with Gasteiger partial charge in [-0.05, 0) is 66.6 Å². The Morgan fingerprint density at radius 2 is 1.88 bits per heavy atom. The van der Waals surface area contributed by atoms with E-state index in [9.17, 15) is 9.59 Å². The lowest BCUT2D eigenvalue weighted by Crippen LogP contribution is -2.26. The highest BCUT2D eigenvalue weighted by Crippen LogP contribution is 2.19. The van der Waals surface area contributed by atoms with Crippen molar-refractivity contribution in [1.82, 2.24) is 19.7 Å². The molecule has 0 unspecified atom stereocenters. The number of halogens is 2. The summed E-state index contributed by atoms with van der Waals surface area (Å²) < 4.78 is 1.47. The monoisotopic (exact) mass is 500 g/mol. The van der Waals surface area contributed by atoms with Crippen LogP contribution in [0.4, 0.5) is 0 Å². The average molecular weight is 501 g/mol. The van der Waals surface area contributed by atoms with Gasteiger partial charge in [0.25, 0.3) is 11.5 Å². The van der Waals surface area contributed by atoms with Crippen LogP contribution >= 0.6 is 24.8 Å². The van der Waals surface area contributed by atoms with Crippen molar-refractivity contribution in [3.63, 3.8) is 0 Å². The molecule has 3 heterocycles. The van der Waals surface area contributed by atoms with E-state index in [-0.39, 0.29) is 36.3 Å². The summed E-state index contributed by atoms with van der Waals surface area (Å²) in [6.07, 6.45) is 9.25. The lowest BCUT2D eigenvalue weighted by molar-refractivity contribution is 0.0952. The van der Waals surface area contributed by atoms with Crippen molar-refractivity contribution in [3.8, 4) is 0 Å². The number of nitrogens with zero attached hydrogens (tertiary/aromatic N) is 3. The van der Waals surface area contributed by atoms with Crippen LogP contribution in [0.1, 0.15) is 60.5 Å². The number of amides is 1. The summed E-state index contributed by atoms with van der Waals surface area (Å²) in [5.74, 6) is 0.142. The number of rotatable bonds is 8. The number of carbonyl (C=O) groups is 1. The van der Waals surface area contributed by atoms with Gasteiger partial charge >= 0.3 is 0 Å². The van der Waals surface area contributed by atoms with Gasteiger partial charge in [0.2, 0.25) is 0 Å². The maximum Gasteiger partial charge on any atom is 0.265 e. The number of hydrogen-bond acceptors (Lipinski definition) is 4. The van der Waals surface area contributed by atoms with Crippen molar-refractivity contribution < 1.29 is 4.79 Å². The summed E-state index contributed by atoms with van der Waals surface area (Å²) in [5.41, 5.74) is 3.83. The minimum Gasteiger partial charge on any atom is -0.352 e. The zero-order valence-electron chi connectivity index (χ0n) is 19.4. The third-order valence-corrected chi connectivity index (χ3v) is 5.71. The molecule has 8 heteroatoms. The topological polar surface area (TPSA) is 76.4 Å². The summed E-state index contributed by atoms with van der Waals surface area (Å²) in [4.78, 5) is 34.4. The number of fused-ring (bicyclic) bond motifs is 2. The van der Waals surface area contributed by atoms with Gasteiger partial charge in [-0.2, -0.15) is 0 Å². The molecule has 0 aliphatic carbocycles. The van der Waals surface area contributed by atoms with Crippen molar-refractivity contribution in [1.29, 1.82) is 0 Å². The van der Waals surface area contributed by atoms with E-state index in [0.717, 1.165) is 31.2 Å². The lowest BCUT2D eigenvalue weighted by Gasteiger charge is -2.09. The Morgan fingerprint density at radius 1 is 1.06 bits per heavy atom. The fourth-order valence-electron chi connectivity index (χ4n) is 3.80. The maximum absolute atomic E-state index is 13.1. The Labute approximate surface area is 211 Å².